The zero-order chi connectivity index (χ0) is 42.7. The van der Waals surface area contributed by atoms with Gasteiger partial charge >= 0.3 is 0 Å². The van der Waals surface area contributed by atoms with Gasteiger partial charge in [-0.15, -0.1) is 0 Å². The van der Waals surface area contributed by atoms with Crippen LogP contribution in [0.3, 0.4) is 0 Å². The lowest BCUT2D eigenvalue weighted by molar-refractivity contribution is -0.136. The Morgan fingerprint density at radius 3 is 2.45 bits per heavy atom. The third-order valence-electron chi connectivity index (χ3n) is 10.5. The van der Waals surface area contributed by atoms with Crippen LogP contribution < -0.4 is 35.2 Å². The van der Waals surface area contributed by atoms with Crippen molar-refractivity contribution in [3.63, 3.8) is 0 Å². The molecule has 2 saturated heterocycles. The minimum absolute atomic E-state index is 0.0144. The molecule has 1 atom stereocenters. The molecule has 20 heteroatoms. The number of carbonyl (C=O) groups excluding carboxylic acids is 5. The molecule has 1 aromatic heterocycles. The highest BCUT2D eigenvalue weighted by atomic mass is 35.5. The number of rotatable bonds is 14. The molecule has 2 fully saturated rings. The van der Waals surface area contributed by atoms with Crippen LogP contribution in [0.25, 0.3) is 0 Å². The van der Waals surface area contributed by atoms with Crippen LogP contribution in [-0.4, -0.2) is 117 Å². The number of amides is 5. The number of methoxy groups -OCH3 is 1. The number of carbonyl (C=O) groups is 5. The van der Waals surface area contributed by atoms with Crippen molar-refractivity contribution in [3.05, 3.63) is 83.0 Å². The maximum atomic E-state index is 13.4. The molecule has 3 aliphatic heterocycles. The van der Waals surface area contributed by atoms with Crippen molar-refractivity contribution >= 4 is 91.4 Å². The normalized spacial score (nSPS) is 17.0. The van der Waals surface area contributed by atoms with Gasteiger partial charge in [0.25, 0.3) is 11.8 Å². The molecule has 0 aliphatic carbocycles. The zero-order valence-corrected chi connectivity index (χ0v) is 34.6. The Kier molecular flexibility index (Phi) is 12.2. The van der Waals surface area contributed by atoms with Crippen molar-refractivity contribution in [1.29, 1.82) is 0 Å². The molecule has 1 unspecified atom stereocenters. The molecule has 7 rings (SSSR count). The highest BCUT2D eigenvalue weighted by Crippen LogP contribution is 2.36. The number of hydrogen-bond acceptors (Lipinski definition) is 14. The quantitative estimate of drug-likeness (QED) is 0.132. The summed E-state index contributed by atoms with van der Waals surface area (Å²) >= 11 is 6.44. The van der Waals surface area contributed by atoms with Gasteiger partial charge in [0.15, 0.2) is 5.82 Å². The first-order valence-corrected chi connectivity index (χ1v) is 21.3. The molecule has 4 aromatic rings. The SMILES string of the molecule is COc1cc(N2CCN(CCCC(=O)Nc3cccc4c3C(=O)N(C3CCC(=O)NC3=O)C4=O)CC2)ccc1Nc1ncc(Cl)c(Nc2ccccc2N(C)S(C)(=O)=O)n1. The van der Waals surface area contributed by atoms with Crippen LogP contribution in [0.1, 0.15) is 46.4 Å². The number of aromatic nitrogens is 2. The summed E-state index contributed by atoms with van der Waals surface area (Å²) in [6, 6.07) is 16.2. The van der Waals surface area contributed by atoms with Gasteiger partial charge in [-0.3, -0.25) is 43.4 Å². The molecule has 18 nitrogen and oxygen atoms in total. The average molecular weight is 859 g/mol. The van der Waals surface area contributed by atoms with Gasteiger partial charge in [0.1, 0.15) is 16.8 Å². The molecular formula is C40H43ClN10O8S. The number of piperidine rings is 1. The number of imide groups is 2. The fraction of sp³-hybridized carbons (Fsp3) is 0.325. The first-order chi connectivity index (χ1) is 28.7. The van der Waals surface area contributed by atoms with E-state index in [1.807, 2.05) is 18.2 Å². The zero-order valence-electron chi connectivity index (χ0n) is 33.0. The molecule has 4 N–H and O–H groups in total. The smallest absolute Gasteiger partial charge is 0.264 e. The summed E-state index contributed by atoms with van der Waals surface area (Å²) in [6.07, 6.45) is 3.38. The summed E-state index contributed by atoms with van der Waals surface area (Å²) in [5, 5.41) is 11.5. The maximum absolute atomic E-state index is 13.4. The van der Waals surface area contributed by atoms with Crippen molar-refractivity contribution in [3.8, 4) is 5.75 Å². The van der Waals surface area contributed by atoms with Crippen LogP contribution in [0.2, 0.25) is 5.02 Å². The lowest BCUT2D eigenvalue weighted by atomic mass is 10.0. The van der Waals surface area contributed by atoms with E-state index in [0.29, 0.717) is 35.8 Å². The molecule has 5 amide bonds. The molecule has 0 radical (unpaired) electrons. The molecule has 3 aromatic carbocycles. The molecule has 60 heavy (non-hydrogen) atoms. The molecule has 314 valence electrons. The minimum Gasteiger partial charge on any atom is -0.494 e. The van der Waals surface area contributed by atoms with Crippen LogP contribution in [0.4, 0.5) is 40.2 Å². The van der Waals surface area contributed by atoms with Crippen LogP contribution >= 0.6 is 11.6 Å². The fourth-order valence-corrected chi connectivity index (χ4v) is 7.95. The van der Waals surface area contributed by atoms with Gasteiger partial charge in [0.05, 0.1) is 53.4 Å². The molecule has 4 heterocycles. The second-order valence-corrected chi connectivity index (χ2v) is 16.8. The van der Waals surface area contributed by atoms with Crippen molar-refractivity contribution in [2.75, 3.05) is 78.3 Å². The monoisotopic (exact) mass is 858 g/mol. The first kappa shape index (κ1) is 41.8. The van der Waals surface area contributed by atoms with Gasteiger partial charge in [-0.25, -0.2) is 13.4 Å². The van der Waals surface area contributed by atoms with Crippen molar-refractivity contribution < 1.29 is 37.1 Å². The van der Waals surface area contributed by atoms with E-state index in [-0.39, 0.29) is 58.8 Å². The number of hydrogen-bond donors (Lipinski definition) is 4. The first-order valence-electron chi connectivity index (χ1n) is 19.1. The van der Waals surface area contributed by atoms with Gasteiger partial charge in [-0.2, -0.15) is 4.98 Å². The number of benzene rings is 3. The predicted octanol–water partition coefficient (Wildman–Crippen LogP) is 3.96. The Morgan fingerprint density at radius 1 is 0.967 bits per heavy atom. The van der Waals surface area contributed by atoms with Crippen molar-refractivity contribution in [2.24, 2.45) is 0 Å². The second kappa shape index (κ2) is 17.5. The number of halogens is 1. The Labute approximate surface area is 351 Å². The summed E-state index contributed by atoms with van der Waals surface area (Å²) in [6.45, 7) is 3.69. The highest BCUT2D eigenvalue weighted by molar-refractivity contribution is 7.92. The van der Waals surface area contributed by atoms with E-state index in [9.17, 15) is 32.4 Å². The number of nitrogens with one attached hydrogen (secondary N) is 4. The van der Waals surface area contributed by atoms with Gasteiger partial charge in [-0.05, 0) is 55.8 Å². The molecule has 3 aliphatic rings. The van der Waals surface area contributed by atoms with Gasteiger partial charge in [0, 0.05) is 57.8 Å². The van der Waals surface area contributed by atoms with E-state index in [1.54, 1.807) is 43.5 Å². The third kappa shape index (κ3) is 8.97. The topological polar surface area (TPSA) is 216 Å². The molecule has 0 saturated carbocycles. The molecule has 0 bridgehead atoms. The number of anilines is 7. The summed E-state index contributed by atoms with van der Waals surface area (Å²) in [7, 11) is -0.492. The minimum atomic E-state index is -3.53. The Hall–Kier alpha value is -6.31. The average Bonchev–Trinajstić information content (AvgIpc) is 3.48. The largest absolute Gasteiger partial charge is 0.494 e. The second-order valence-electron chi connectivity index (χ2n) is 14.4. The predicted molar refractivity (Wildman–Crippen MR) is 226 cm³/mol. The number of sulfonamides is 1. The van der Waals surface area contributed by atoms with Crippen LogP contribution in [0, 0.1) is 0 Å². The number of piperazine rings is 1. The van der Waals surface area contributed by atoms with Gasteiger partial charge < -0.3 is 25.6 Å². The lowest BCUT2D eigenvalue weighted by Gasteiger charge is -2.36. The number of ether oxygens (including phenoxy) is 1. The van der Waals surface area contributed by atoms with Gasteiger partial charge in [0.2, 0.25) is 33.7 Å². The number of fused-ring (bicyclic) bond motifs is 1. The fourth-order valence-electron chi connectivity index (χ4n) is 7.30. The Balaban J connectivity index is 0.907. The molecule has 0 spiro atoms. The van der Waals surface area contributed by atoms with E-state index in [1.165, 1.54) is 19.3 Å². The van der Waals surface area contributed by atoms with E-state index in [2.05, 4.69) is 41.0 Å². The summed E-state index contributed by atoms with van der Waals surface area (Å²) in [5.41, 5.74) is 2.82. The Bertz CT molecular complexity index is 2480. The van der Waals surface area contributed by atoms with E-state index < -0.39 is 39.7 Å². The summed E-state index contributed by atoms with van der Waals surface area (Å²) < 4.78 is 31.4. The van der Waals surface area contributed by atoms with Crippen molar-refractivity contribution in [1.82, 2.24) is 25.1 Å². The van der Waals surface area contributed by atoms with Crippen LogP contribution in [0.15, 0.2) is 66.9 Å². The number of para-hydroxylation sites is 2. The highest BCUT2D eigenvalue weighted by Gasteiger charge is 2.45. The maximum Gasteiger partial charge on any atom is 0.264 e. The van der Waals surface area contributed by atoms with Crippen LogP contribution in [0.5, 0.6) is 5.75 Å². The van der Waals surface area contributed by atoms with E-state index >= 15 is 0 Å². The summed E-state index contributed by atoms with van der Waals surface area (Å²) in [4.78, 5) is 77.9. The standard InChI is InChI=1S/C40H43ClN10O8S/c1-48(60(3,57)58)30-11-5-4-9-27(30)44-36-26(41)23-42-40(47-36)45-28-14-13-24(22-32(28)59-2)50-20-18-49(19-21-50)17-7-12-33(52)43-29-10-6-8-25-35(29)39(56)51(38(25)55)31-15-16-34(53)46-37(31)54/h4-6,8-11,13-14,22-23,31H,7,12,15-21H2,1-3H3,(H,43,52)(H,46,53,54)(H2,42,44,45,47). The third-order valence-corrected chi connectivity index (χ3v) is 12.0. The van der Waals surface area contributed by atoms with E-state index in [0.717, 1.165) is 47.3 Å². The Morgan fingerprint density at radius 2 is 1.72 bits per heavy atom. The van der Waals surface area contributed by atoms with Gasteiger partial charge in [-0.1, -0.05) is 29.8 Å². The lowest BCUT2D eigenvalue weighted by Crippen LogP contribution is -2.54. The van der Waals surface area contributed by atoms with Crippen LogP contribution in [-0.2, 0) is 24.4 Å². The van der Waals surface area contributed by atoms with E-state index in [4.69, 9.17) is 16.3 Å². The molecular weight excluding hydrogens is 816 g/mol. The summed E-state index contributed by atoms with van der Waals surface area (Å²) in [5.74, 6) is -1.71. The number of nitrogens with zero attached hydrogens (tertiary/aromatic N) is 6. The van der Waals surface area contributed by atoms with Crippen molar-refractivity contribution in [2.45, 2.75) is 31.7 Å².